The zero-order chi connectivity index (χ0) is 16.7. The van der Waals surface area contributed by atoms with Gasteiger partial charge in [-0.3, -0.25) is 4.99 Å². The molecule has 0 amide bonds. The standard InChI is InChI=1S/C15H27N5O2S.HI/c1-5-12-10-20(7-8-23-12)15(16-4)17-9-13-18-14(19-22-13)11(3)21-6-2;/h11-12H,5-10H2,1-4H3,(H,16,17);1H. The van der Waals surface area contributed by atoms with E-state index in [1.807, 2.05) is 25.6 Å². The summed E-state index contributed by atoms with van der Waals surface area (Å²) in [5.74, 6) is 3.15. The fraction of sp³-hybridized carbons (Fsp3) is 0.800. The van der Waals surface area contributed by atoms with Crippen LogP contribution < -0.4 is 5.32 Å². The van der Waals surface area contributed by atoms with Crippen LogP contribution in [0.4, 0.5) is 0 Å². The van der Waals surface area contributed by atoms with Gasteiger partial charge in [0, 0.05) is 37.7 Å². The molecule has 24 heavy (non-hydrogen) atoms. The molecule has 1 aliphatic rings. The summed E-state index contributed by atoms with van der Waals surface area (Å²) in [6.45, 7) is 9.23. The maximum Gasteiger partial charge on any atom is 0.246 e. The number of ether oxygens (including phenoxy) is 1. The lowest BCUT2D eigenvalue weighted by atomic mass is 10.3. The lowest BCUT2D eigenvalue weighted by Gasteiger charge is -2.34. The van der Waals surface area contributed by atoms with E-state index in [4.69, 9.17) is 9.26 Å². The first-order chi connectivity index (χ1) is 11.2. The maximum atomic E-state index is 5.47. The third-order valence-corrected chi connectivity index (χ3v) is 5.14. The van der Waals surface area contributed by atoms with Crippen molar-refractivity contribution in [2.24, 2.45) is 4.99 Å². The van der Waals surface area contributed by atoms with Crippen molar-refractivity contribution in [3.8, 4) is 0 Å². The molecular formula is C15H28IN5O2S. The van der Waals surface area contributed by atoms with Crippen LogP contribution in [0.1, 0.15) is 45.0 Å². The second-order valence-electron chi connectivity index (χ2n) is 5.39. The van der Waals surface area contributed by atoms with Crippen LogP contribution in [-0.2, 0) is 11.3 Å². The highest BCUT2D eigenvalue weighted by Gasteiger charge is 2.22. The Hall–Kier alpha value is -0.550. The Labute approximate surface area is 165 Å². The number of hydrogen-bond donors (Lipinski definition) is 1. The molecule has 9 heteroatoms. The first-order valence-corrected chi connectivity index (χ1v) is 9.24. The van der Waals surface area contributed by atoms with E-state index >= 15 is 0 Å². The number of hydrogen-bond acceptors (Lipinski definition) is 6. The largest absolute Gasteiger partial charge is 0.371 e. The van der Waals surface area contributed by atoms with E-state index in [9.17, 15) is 0 Å². The second-order valence-corrected chi connectivity index (χ2v) is 6.80. The van der Waals surface area contributed by atoms with Gasteiger partial charge in [0.05, 0.1) is 6.54 Å². The number of aliphatic imine (C=N–C) groups is 1. The summed E-state index contributed by atoms with van der Waals surface area (Å²) in [7, 11) is 1.81. The molecule has 2 atom stereocenters. The molecule has 0 saturated carbocycles. The summed E-state index contributed by atoms with van der Waals surface area (Å²) in [4.78, 5) is 11.0. The predicted molar refractivity (Wildman–Crippen MR) is 108 cm³/mol. The van der Waals surface area contributed by atoms with E-state index in [-0.39, 0.29) is 30.1 Å². The van der Waals surface area contributed by atoms with E-state index in [0.29, 0.717) is 30.1 Å². The molecule has 0 aliphatic carbocycles. The van der Waals surface area contributed by atoms with Crippen LogP contribution in [0.5, 0.6) is 0 Å². The van der Waals surface area contributed by atoms with Crippen LogP contribution in [0.3, 0.4) is 0 Å². The van der Waals surface area contributed by atoms with Crippen molar-refractivity contribution in [1.29, 1.82) is 0 Å². The van der Waals surface area contributed by atoms with Crippen LogP contribution in [0, 0.1) is 0 Å². The van der Waals surface area contributed by atoms with Gasteiger partial charge in [0.2, 0.25) is 5.89 Å². The van der Waals surface area contributed by atoms with E-state index in [2.05, 4.69) is 32.3 Å². The maximum absolute atomic E-state index is 5.47. The number of nitrogens with zero attached hydrogens (tertiary/aromatic N) is 4. The van der Waals surface area contributed by atoms with Crippen LogP contribution in [0.15, 0.2) is 9.52 Å². The van der Waals surface area contributed by atoms with Gasteiger partial charge in [0.25, 0.3) is 0 Å². The van der Waals surface area contributed by atoms with Gasteiger partial charge in [0.15, 0.2) is 11.8 Å². The summed E-state index contributed by atoms with van der Waals surface area (Å²) in [6, 6.07) is 0. The summed E-state index contributed by atoms with van der Waals surface area (Å²) >= 11 is 2.04. The van der Waals surface area contributed by atoms with Gasteiger partial charge in [-0.2, -0.15) is 16.7 Å². The molecule has 1 aromatic rings. The molecule has 0 bridgehead atoms. The second kappa shape index (κ2) is 11.1. The summed E-state index contributed by atoms with van der Waals surface area (Å²) < 4.78 is 10.7. The smallest absolute Gasteiger partial charge is 0.246 e. The van der Waals surface area contributed by atoms with Gasteiger partial charge in [-0.1, -0.05) is 12.1 Å². The highest BCUT2D eigenvalue weighted by atomic mass is 127. The highest BCUT2D eigenvalue weighted by molar-refractivity contribution is 14.0. The highest BCUT2D eigenvalue weighted by Crippen LogP contribution is 2.21. The van der Waals surface area contributed by atoms with Crippen molar-refractivity contribution in [2.75, 3.05) is 32.5 Å². The average Bonchev–Trinajstić information content (AvgIpc) is 3.05. The first-order valence-electron chi connectivity index (χ1n) is 8.19. The van der Waals surface area contributed by atoms with Crippen molar-refractivity contribution in [3.05, 3.63) is 11.7 Å². The Kier molecular flexibility index (Phi) is 9.98. The third kappa shape index (κ3) is 6.07. The minimum absolute atomic E-state index is 0. The van der Waals surface area contributed by atoms with Gasteiger partial charge in [-0.15, -0.1) is 24.0 Å². The van der Waals surface area contributed by atoms with Gasteiger partial charge in [-0.25, -0.2) is 0 Å². The van der Waals surface area contributed by atoms with E-state index < -0.39 is 0 Å². The van der Waals surface area contributed by atoms with Crippen LogP contribution in [-0.4, -0.2) is 58.7 Å². The zero-order valence-corrected chi connectivity index (χ0v) is 18.0. The average molecular weight is 469 g/mol. The molecule has 1 N–H and O–H groups in total. The minimum atomic E-state index is -0.152. The predicted octanol–water partition coefficient (Wildman–Crippen LogP) is 2.69. The fourth-order valence-corrected chi connectivity index (χ4v) is 3.66. The molecule has 0 radical (unpaired) electrons. The Balaban J connectivity index is 0.00000288. The number of halogens is 1. The van der Waals surface area contributed by atoms with Crippen molar-refractivity contribution in [2.45, 2.75) is 45.1 Å². The lowest BCUT2D eigenvalue weighted by Crippen LogP contribution is -2.47. The SMILES string of the molecule is CCOC(C)c1noc(CNC(=NC)N2CCSC(CC)C2)n1.I. The summed E-state index contributed by atoms with van der Waals surface area (Å²) in [6.07, 6.45) is 1.03. The molecule has 1 saturated heterocycles. The number of rotatable bonds is 6. The van der Waals surface area contributed by atoms with Crippen molar-refractivity contribution in [1.82, 2.24) is 20.4 Å². The molecule has 2 rings (SSSR count). The van der Waals surface area contributed by atoms with E-state index in [1.165, 1.54) is 6.42 Å². The van der Waals surface area contributed by atoms with Crippen LogP contribution in [0.25, 0.3) is 0 Å². The van der Waals surface area contributed by atoms with Gasteiger partial charge < -0.3 is 19.5 Å². The normalized spacial score (nSPS) is 19.8. The first kappa shape index (κ1) is 21.5. The molecule has 0 aromatic carbocycles. The van der Waals surface area contributed by atoms with E-state index in [1.54, 1.807) is 7.05 Å². The molecule has 138 valence electrons. The van der Waals surface area contributed by atoms with Crippen molar-refractivity contribution >= 4 is 41.7 Å². The van der Waals surface area contributed by atoms with Crippen molar-refractivity contribution < 1.29 is 9.26 Å². The zero-order valence-electron chi connectivity index (χ0n) is 14.8. The third-order valence-electron chi connectivity index (χ3n) is 3.77. The Morgan fingerprint density at radius 2 is 2.33 bits per heavy atom. The Morgan fingerprint density at radius 3 is 3.00 bits per heavy atom. The molecule has 2 heterocycles. The molecule has 1 aliphatic heterocycles. The van der Waals surface area contributed by atoms with Gasteiger partial charge in [-0.05, 0) is 20.3 Å². The molecule has 7 nitrogen and oxygen atoms in total. The van der Waals surface area contributed by atoms with Crippen LogP contribution >= 0.6 is 35.7 Å². The monoisotopic (exact) mass is 469 g/mol. The van der Waals surface area contributed by atoms with Crippen LogP contribution in [0.2, 0.25) is 0 Å². The Bertz CT molecular complexity index is 514. The fourth-order valence-electron chi connectivity index (χ4n) is 2.48. The number of thioether (sulfide) groups is 1. The lowest BCUT2D eigenvalue weighted by molar-refractivity contribution is 0.0683. The van der Waals surface area contributed by atoms with Crippen molar-refractivity contribution in [3.63, 3.8) is 0 Å². The van der Waals surface area contributed by atoms with E-state index in [0.717, 1.165) is 24.8 Å². The van der Waals surface area contributed by atoms with Gasteiger partial charge in [0.1, 0.15) is 6.10 Å². The number of aromatic nitrogens is 2. The molecule has 1 aromatic heterocycles. The number of nitrogens with one attached hydrogen (secondary N) is 1. The molecule has 0 spiro atoms. The number of guanidine groups is 1. The minimum Gasteiger partial charge on any atom is -0.371 e. The topological polar surface area (TPSA) is 75.8 Å². The summed E-state index contributed by atoms with van der Waals surface area (Å²) in [5.41, 5.74) is 0. The quantitative estimate of drug-likeness (QED) is 0.390. The molecule has 1 fully saturated rings. The Morgan fingerprint density at radius 1 is 1.54 bits per heavy atom. The summed E-state index contributed by atoms with van der Waals surface area (Å²) in [5, 5.41) is 7.95. The molecular weight excluding hydrogens is 441 g/mol. The molecule has 2 unspecified atom stereocenters. The van der Waals surface area contributed by atoms with Gasteiger partial charge >= 0.3 is 0 Å².